The van der Waals surface area contributed by atoms with Crippen molar-refractivity contribution in [2.75, 3.05) is 18.4 Å². The van der Waals surface area contributed by atoms with Crippen molar-refractivity contribution in [1.82, 2.24) is 10.3 Å². The molecule has 5 heteroatoms. The van der Waals surface area contributed by atoms with Gasteiger partial charge in [-0.2, -0.15) is 0 Å². The molecule has 0 spiro atoms. The summed E-state index contributed by atoms with van der Waals surface area (Å²) in [6.45, 7) is 3.60. The summed E-state index contributed by atoms with van der Waals surface area (Å²) < 4.78 is 1.09. The Morgan fingerprint density at radius 2 is 2.24 bits per heavy atom. The number of anilines is 1. The molecule has 4 nitrogen and oxygen atoms in total. The Morgan fingerprint density at radius 3 is 3.00 bits per heavy atom. The summed E-state index contributed by atoms with van der Waals surface area (Å²) in [7, 11) is 0. The van der Waals surface area contributed by atoms with Gasteiger partial charge in [0.15, 0.2) is 5.13 Å². The molecule has 17 heavy (non-hydrogen) atoms. The molecule has 0 fully saturated rings. The van der Waals surface area contributed by atoms with Gasteiger partial charge >= 0.3 is 0 Å². The first-order chi connectivity index (χ1) is 8.29. The zero-order valence-corrected chi connectivity index (χ0v) is 10.5. The van der Waals surface area contributed by atoms with E-state index >= 15 is 0 Å². The molecule has 0 saturated carbocycles. The van der Waals surface area contributed by atoms with E-state index in [1.165, 1.54) is 11.3 Å². The van der Waals surface area contributed by atoms with Crippen LogP contribution in [0.1, 0.15) is 13.3 Å². The maximum absolute atomic E-state index is 11.6. The van der Waals surface area contributed by atoms with Gasteiger partial charge in [-0.3, -0.25) is 4.79 Å². The number of nitrogens with zero attached hydrogens (tertiary/aromatic N) is 1. The van der Waals surface area contributed by atoms with E-state index in [1.54, 1.807) is 0 Å². The number of benzene rings is 1. The fourth-order valence-electron chi connectivity index (χ4n) is 1.49. The minimum atomic E-state index is 0.00464. The second-order valence-corrected chi connectivity index (χ2v) is 4.67. The van der Waals surface area contributed by atoms with Gasteiger partial charge in [0.05, 0.1) is 10.2 Å². The number of fused-ring (bicyclic) bond motifs is 1. The Balaban J connectivity index is 1.96. The van der Waals surface area contributed by atoms with Crippen LogP contribution in [0.15, 0.2) is 24.3 Å². The number of para-hydroxylation sites is 1. The van der Waals surface area contributed by atoms with Crippen LogP contribution in [0.4, 0.5) is 5.13 Å². The fourth-order valence-corrected chi connectivity index (χ4v) is 2.37. The van der Waals surface area contributed by atoms with Gasteiger partial charge in [0.25, 0.3) is 0 Å². The van der Waals surface area contributed by atoms with Gasteiger partial charge in [-0.05, 0) is 18.7 Å². The molecule has 2 rings (SSSR count). The summed E-state index contributed by atoms with van der Waals surface area (Å²) in [5.41, 5.74) is 0.930. The number of thiazole rings is 1. The molecule has 0 saturated heterocycles. The highest BCUT2D eigenvalue weighted by Crippen LogP contribution is 2.25. The van der Waals surface area contributed by atoms with Crippen LogP contribution >= 0.6 is 11.3 Å². The minimum absolute atomic E-state index is 0.00464. The van der Waals surface area contributed by atoms with Crippen LogP contribution in [-0.4, -0.2) is 24.0 Å². The summed E-state index contributed by atoms with van der Waals surface area (Å²) >= 11 is 1.50. The number of aromatic nitrogens is 1. The average molecular weight is 249 g/mol. The molecule has 2 aromatic rings. The van der Waals surface area contributed by atoms with Gasteiger partial charge in [-0.25, -0.2) is 4.98 Å². The molecule has 1 heterocycles. The van der Waals surface area contributed by atoms with Crippen LogP contribution in [-0.2, 0) is 4.79 Å². The summed E-state index contributed by atoms with van der Waals surface area (Å²) in [6.07, 6.45) is 0.476. The van der Waals surface area contributed by atoms with Crippen molar-refractivity contribution in [2.45, 2.75) is 13.3 Å². The van der Waals surface area contributed by atoms with Crippen molar-refractivity contribution in [1.29, 1.82) is 0 Å². The van der Waals surface area contributed by atoms with E-state index in [0.717, 1.165) is 16.8 Å². The molecule has 0 aliphatic rings. The van der Waals surface area contributed by atoms with Gasteiger partial charge in [-0.15, -0.1) is 0 Å². The SMILES string of the molecule is CCNCCC(=O)Nc1nc2ccccc2s1. The number of hydrogen-bond acceptors (Lipinski definition) is 4. The predicted molar refractivity (Wildman–Crippen MR) is 71.4 cm³/mol. The Bertz CT molecular complexity index is 476. The van der Waals surface area contributed by atoms with E-state index in [2.05, 4.69) is 15.6 Å². The number of carbonyl (C=O) groups excluding carboxylic acids is 1. The van der Waals surface area contributed by atoms with Crippen molar-refractivity contribution in [3.05, 3.63) is 24.3 Å². The van der Waals surface area contributed by atoms with E-state index in [9.17, 15) is 4.79 Å². The second-order valence-electron chi connectivity index (χ2n) is 3.64. The molecule has 0 aliphatic heterocycles. The fraction of sp³-hybridized carbons (Fsp3) is 0.333. The highest BCUT2D eigenvalue weighted by Gasteiger charge is 2.06. The lowest BCUT2D eigenvalue weighted by atomic mass is 10.3. The first kappa shape index (κ1) is 12.0. The molecule has 0 aliphatic carbocycles. The van der Waals surface area contributed by atoms with E-state index in [0.29, 0.717) is 18.1 Å². The quantitative estimate of drug-likeness (QED) is 0.799. The Kier molecular flexibility index (Phi) is 4.06. The average Bonchev–Trinajstić information content (AvgIpc) is 2.71. The number of amides is 1. The first-order valence-corrected chi connectivity index (χ1v) is 6.47. The van der Waals surface area contributed by atoms with E-state index in [4.69, 9.17) is 0 Å². The molecular weight excluding hydrogens is 234 g/mol. The van der Waals surface area contributed by atoms with E-state index in [1.807, 2.05) is 31.2 Å². The van der Waals surface area contributed by atoms with Gasteiger partial charge in [0, 0.05) is 13.0 Å². The van der Waals surface area contributed by atoms with Gasteiger partial charge in [0.1, 0.15) is 0 Å². The van der Waals surface area contributed by atoms with Crippen LogP contribution in [0, 0.1) is 0 Å². The third kappa shape index (κ3) is 3.25. The summed E-state index contributed by atoms with van der Waals surface area (Å²) in [5, 5.41) is 6.61. The molecule has 2 N–H and O–H groups in total. The lowest BCUT2D eigenvalue weighted by Gasteiger charge is -2.01. The zero-order valence-electron chi connectivity index (χ0n) is 9.69. The highest BCUT2D eigenvalue weighted by molar-refractivity contribution is 7.22. The lowest BCUT2D eigenvalue weighted by molar-refractivity contribution is -0.116. The highest BCUT2D eigenvalue weighted by atomic mass is 32.1. The van der Waals surface area contributed by atoms with Crippen molar-refractivity contribution in [3.63, 3.8) is 0 Å². The normalized spacial score (nSPS) is 10.6. The van der Waals surface area contributed by atoms with Crippen LogP contribution in [0.5, 0.6) is 0 Å². The van der Waals surface area contributed by atoms with E-state index < -0.39 is 0 Å². The molecule has 1 aromatic carbocycles. The summed E-state index contributed by atoms with van der Waals surface area (Å²) in [5.74, 6) is 0.00464. The minimum Gasteiger partial charge on any atom is -0.316 e. The van der Waals surface area contributed by atoms with Crippen LogP contribution in [0.25, 0.3) is 10.2 Å². The lowest BCUT2D eigenvalue weighted by Crippen LogP contribution is -2.21. The van der Waals surface area contributed by atoms with Gasteiger partial charge in [-0.1, -0.05) is 30.4 Å². The Labute approximate surface area is 104 Å². The van der Waals surface area contributed by atoms with Crippen LogP contribution in [0.3, 0.4) is 0 Å². The molecule has 0 radical (unpaired) electrons. The first-order valence-electron chi connectivity index (χ1n) is 5.65. The molecular formula is C12H15N3OS. The molecule has 0 unspecified atom stereocenters. The van der Waals surface area contributed by atoms with Crippen molar-refractivity contribution < 1.29 is 4.79 Å². The maximum Gasteiger partial charge on any atom is 0.227 e. The predicted octanol–water partition coefficient (Wildman–Crippen LogP) is 2.23. The van der Waals surface area contributed by atoms with Crippen LogP contribution < -0.4 is 10.6 Å². The smallest absolute Gasteiger partial charge is 0.227 e. The molecule has 1 aromatic heterocycles. The topological polar surface area (TPSA) is 54.0 Å². The number of hydrogen-bond donors (Lipinski definition) is 2. The summed E-state index contributed by atoms with van der Waals surface area (Å²) in [6, 6.07) is 7.86. The maximum atomic E-state index is 11.6. The number of carbonyl (C=O) groups is 1. The molecule has 0 atom stereocenters. The summed E-state index contributed by atoms with van der Waals surface area (Å²) in [4.78, 5) is 15.9. The van der Waals surface area contributed by atoms with Crippen molar-refractivity contribution >= 4 is 32.6 Å². The standard InChI is InChI=1S/C12H15N3OS/c1-2-13-8-7-11(16)15-12-14-9-5-3-4-6-10(9)17-12/h3-6,13H,2,7-8H2,1H3,(H,14,15,16). The van der Waals surface area contributed by atoms with Crippen molar-refractivity contribution in [3.8, 4) is 0 Å². The Morgan fingerprint density at radius 1 is 1.41 bits per heavy atom. The molecule has 0 bridgehead atoms. The Hall–Kier alpha value is -1.46. The molecule has 1 amide bonds. The van der Waals surface area contributed by atoms with Gasteiger partial charge in [0.2, 0.25) is 5.91 Å². The third-order valence-corrected chi connectivity index (χ3v) is 3.27. The second kappa shape index (κ2) is 5.75. The third-order valence-electron chi connectivity index (χ3n) is 2.32. The zero-order chi connectivity index (χ0) is 12.1. The van der Waals surface area contributed by atoms with Gasteiger partial charge < -0.3 is 10.6 Å². The largest absolute Gasteiger partial charge is 0.316 e. The van der Waals surface area contributed by atoms with Crippen LogP contribution in [0.2, 0.25) is 0 Å². The molecule has 90 valence electrons. The number of nitrogens with one attached hydrogen (secondary N) is 2. The number of rotatable bonds is 5. The monoisotopic (exact) mass is 249 g/mol. The van der Waals surface area contributed by atoms with E-state index in [-0.39, 0.29) is 5.91 Å². The van der Waals surface area contributed by atoms with Crippen molar-refractivity contribution in [2.24, 2.45) is 0 Å².